The number of halogens is 1. The number of anilines is 1. The number of nitrogens with zero attached hydrogens (tertiary/aromatic N) is 5. The maximum atomic E-state index is 13.4. The lowest BCUT2D eigenvalue weighted by Crippen LogP contribution is -2.47. The number of carbonyl (C=O) groups excluding carboxylic acids is 2. The van der Waals surface area contributed by atoms with Gasteiger partial charge in [-0.15, -0.1) is 0 Å². The molecule has 0 aromatic carbocycles. The number of ether oxygens (including phenoxy) is 4. The number of rotatable bonds is 18. The van der Waals surface area contributed by atoms with Crippen molar-refractivity contribution in [1.29, 1.82) is 0 Å². The Morgan fingerprint density at radius 2 is 1.29 bits per heavy atom. The van der Waals surface area contributed by atoms with Gasteiger partial charge in [0.05, 0.1) is 45.8 Å². The summed E-state index contributed by atoms with van der Waals surface area (Å²) in [6.45, 7) is 27.1. The molecule has 14 nitrogen and oxygen atoms in total. The Hall–Kier alpha value is -2.89. The largest absolute Gasteiger partial charge is 0.444 e. The molecule has 0 spiro atoms. The second-order valence-corrected chi connectivity index (χ2v) is 26.4. The Kier molecular flexibility index (Phi) is 23.7. The minimum Gasteiger partial charge on any atom is -0.444 e. The first-order valence-electron chi connectivity index (χ1n) is 24.4. The van der Waals surface area contributed by atoms with Crippen LogP contribution in [0.3, 0.4) is 0 Å². The number of aryl methyl sites for hydroxylation is 2. The van der Waals surface area contributed by atoms with Gasteiger partial charge in [0.25, 0.3) is 0 Å². The van der Waals surface area contributed by atoms with E-state index < -0.39 is 33.2 Å². The molecule has 2 unspecified atom stereocenters. The van der Waals surface area contributed by atoms with Crippen molar-refractivity contribution < 1.29 is 37.0 Å². The molecular weight excluding hydrogens is 924 g/mol. The highest BCUT2D eigenvalue weighted by Crippen LogP contribution is 2.35. The zero-order chi connectivity index (χ0) is 49.6. The van der Waals surface area contributed by atoms with Crippen LogP contribution in [0, 0.1) is 0 Å². The van der Waals surface area contributed by atoms with Crippen molar-refractivity contribution in [3.63, 3.8) is 0 Å². The van der Waals surface area contributed by atoms with Gasteiger partial charge >= 0.3 is 12.2 Å². The van der Waals surface area contributed by atoms with Crippen molar-refractivity contribution in [3.8, 4) is 0 Å². The van der Waals surface area contributed by atoms with Gasteiger partial charge in [0.1, 0.15) is 33.2 Å². The molecule has 0 aliphatic carbocycles. The lowest BCUT2D eigenvalue weighted by Gasteiger charge is -2.40. The molecule has 0 saturated carbocycles. The van der Waals surface area contributed by atoms with Gasteiger partial charge in [-0.3, -0.25) is 4.31 Å². The van der Waals surface area contributed by atoms with Crippen LogP contribution < -0.4 is 9.03 Å². The van der Waals surface area contributed by atoms with E-state index in [2.05, 4.69) is 25.1 Å². The zero-order valence-electron chi connectivity index (χ0n) is 42.7. The number of amides is 2. The molecule has 68 heavy (non-hydrogen) atoms. The first kappa shape index (κ1) is 59.4. The Bertz CT molecular complexity index is 1920. The van der Waals surface area contributed by atoms with Gasteiger partial charge in [0, 0.05) is 50.8 Å². The van der Waals surface area contributed by atoms with Gasteiger partial charge in [-0.25, -0.2) is 32.7 Å². The summed E-state index contributed by atoms with van der Waals surface area (Å²) in [5, 5.41) is 0.531. The standard InChI is InChI=1S/C25H42ClN3O4S.C25H41N3O4S.CH4/c1-24(2,3)33-23(30)29-16-14-21(18-29)32-17-8-7-11-20(28-34(31)25(4,5)6)13-12-19-10-9-15-27-22(19)26;1-24(2,3)32-23(29)27-16-14-21(18-27)31-17-8-7-11-20-13-12-19-10-9-15-26-22(19)28(20)33(30)25(4,5)6;/h9-10,15,20-21,28H,7-8,11-14,16-18H2,1-6H3;9-10,15,20-21H,7-8,11-14,16-18H2,1-6H3;1H4/t20?,21-,34-;20?,21-,33-;/m11./s1. The fourth-order valence-electron chi connectivity index (χ4n) is 7.92. The van der Waals surface area contributed by atoms with E-state index in [0.29, 0.717) is 44.5 Å². The summed E-state index contributed by atoms with van der Waals surface area (Å²) in [4.78, 5) is 36.6. The molecule has 0 bridgehead atoms. The van der Waals surface area contributed by atoms with Crippen molar-refractivity contribution in [1.82, 2.24) is 24.5 Å². The minimum atomic E-state index is -1.15. The highest BCUT2D eigenvalue weighted by molar-refractivity contribution is 7.87. The number of aromatic nitrogens is 2. The molecule has 5 rings (SSSR count). The highest BCUT2D eigenvalue weighted by atomic mass is 35.5. The van der Waals surface area contributed by atoms with Crippen LogP contribution in [0.25, 0.3) is 0 Å². The molecule has 2 fully saturated rings. The molecule has 0 radical (unpaired) electrons. The number of hydrogen-bond donors (Lipinski definition) is 1. The second-order valence-electron chi connectivity index (χ2n) is 22.0. The molecule has 17 heteroatoms. The molecule has 2 saturated heterocycles. The van der Waals surface area contributed by atoms with E-state index in [1.54, 1.807) is 22.2 Å². The molecule has 3 aliphatic heterocycles. The molecular formula is C51H87ClN6O8S2. The van der Waals surface area contributed by atoms with Crippen LogP contribution in [-0.4, -0.2) is 125 Å². The highest BCUT2D eigenvalue weighted by Gasteiger charge is 2.37. The zero-order valence-corrected chi connectivity index (χ0v) is 45.1. The quantitative estimate of drug-likeness (QED) is 0.113. The first-order chi connectivity index (χ1) is 31.3. The van der Waals surface area contributed by atoms with Crippen LogP contribution in [0.4, 0.5) is 15.4 Å². The van der Waals surface area contributed by atoms with Crippen molar-refractivity contribution >= 4 is 51.6 Å². The number of unbranched alkanes of at least 4 members (excludes halogenated alkanes) is 2. The van der Waals surface area contributed by atoms with Gasteiger partial charge in [-0.1, -0.05) is 31.2 Å². The lowest BCUT2D eigenvalue weighted by atomic mass is 9.97. The Balaban J connectivity index is 0.000000355. The number of carbonyl (C=O) groups is 2. The summed E-state index contributed by atoms with van der Waals surface area (Å²) in [6, 6.07) is 8.28. The molecule has 2 aromatic rings. The van der Waals surface area contributed by atoms with Gasteiger partial charge in [0.2, 0.25) is 0 Å². The van der Waals surface area contributed by atoms with E-state index in [1.165, 1.54) is 5.56 Å². The topological polar surface area (TPSA) is 153 Å². The monoisotopic (exact) mass is 1010 g/mol. The van der Waals surface area contributed by atoms with Crippen molar-refractivity contribution in [2.75, 3.05) is 43.7 Å². The Morgan fingerprint density at radius 1 is 0.750 bits per heavy atom. The summed E-state index contributed by atoms with van der Waals surface area (Å²) in [6.07, 6.45) is 14.1. The molecule has 1 N–H and O–H groups in total. The third kappa shape index (κ3) is 20.4. The number of fused-ring (bicyclic) bond motifs is 1. The molecule has 2 aromatic heterocycles. The minimum absolute atomic E-state index is 0. The molecule has 6 atom stereocenters. The predicted octanol–water partition coefficient (Wildman–Crippen LogP) is 10.8. The SMILES string of the molecule is C.CC(C)(C)OC(=O)N1CC[C@@H](OCCCCC(CCc2cccnc2Cl)N[S@](=O)C(C)(C)C)C1.CC(C)(C)OC(=O)N1CC[C@@H](OCCCCC2CCc3cccnc3N2[S@](=O)C(C)(C)C)C1. The Morgan fingerprint density at radius 3 is 1.82 bits per heavy atom. The fraction of sp³-hybridized carbons (Fsp3) is 0.765. The molecule has 388 valence electrons. The van der Waals surface area contributed by atoms with Crippen LogP contribution in [0.5, 0.6) is 0 Å². The van der Waals surface area contributed by atoms with E-state index >= 15 is 0 Å². The summed E-state index contributed by atoms with van der Waals surface area (Å²) < 4.78 is 53.7. The van der Waals surface area contributed by atoms with Crippen LogP contribution in [0.15, 0.2) is 36.7 Å². The van der Waals surface area contributed by atoms with Gasteiger partial charge in [-0.05, 0) is 183 Å². The van der Waals surface area contributed by atoms with E-state index in [0.717, 1.165) is 88.4 Å². The number of hydrogen-bond acceptors (Lipinski definition) is 10. The van der Waals surface area contributed by atoms with E-state index in [1.807, 2.05) is 101 Å². The summed E-state index contributed by atoms with van der Waals surface area (Å²) in [7, 11) is -2.29. The van der Waals surface area contributed by atoms with Crippen molar-refractivity contribution in [2.24, 2.45) is 0 Å². The summed E-state index contributed by atoms with van der Waals surface area (Å²) >= 11 is 6.21. The third-order valence-corrected chi connectivity index (χ3v) is 15.3. The number of nitrogens with one attached hydrogen (secondary N) is 1. The normalized spacial score (nSPS) is 20.1. The Labute approximate surface area is 420 Å². The maximum absolute atomic E-state index is 13.4. The van der Waals surface area contributed by atoms with E-state index in [9.17, 15) is 18.0 Å². The van der Waals surface area contributed by atoms with E-state index in [-0.39, 0.29) is 53.4 Å². The van der Waals surface area contributed by atoms with Crippen LogP contribution in [0.2, 0.25) is 5.15 Å². The fourth-order valence-corrected chi connectivity index (χ4v) is 10.4. The lowest BCUT2D eigenvalue weighted by molar-refractivity contribution is 0.0200. The summed E-state index contributed by atoms with van der Waals surface area (Å²) in [5.41, 5.74) is 1.23. The first-order valence-corrected chi connectivity index (χ1v) is 27.1. The third-order valence-electron chi connectivity index (χ3n) is 11.5. The maximum Gasteiger partial charge on any atom is 0.410 e. The van der Waals surface area contributed by atoms with Crippen LogP contribution in [0.1, 0.15) is 166 Å². The summed E-state index contributed by atoms with van der Waals surface area (Å²) in [5.74, 6) is 0.881. The van der Waals surface area contributed by atoms with Gasteiger partial charge < -0.3 is 28.7 Å². The van der Waals surface area contributed by atoms with Crippen LogP contribution >= 0.6 is 11.6 Å². The van der Waals surface area contributed by atoms with Gasteiger partial charge in [-0.2, -0.15) is 0 Å². The predicted molar refractivity (Wildman–Crippen MR) is 278 cm³/mol. The van der Waals surface area contributed by atoms with Gasteiger partial charge in [0.15, 0.2) is 0 Å². The second kappa shape index (κ2) is 27.1. The van der Waals surface area contributed by atoms with Crippen LogP contribution in [-0.2, 0) is 53.8 Å². The molecule has 3 aliphatic rings. The van der Waals surface area contributed by atoms with Crippen molar-refractivity contribution in [2.45, 2.75) is 213 Å². The molecule has 2 amide bonds. The number of pyridine rings is 2. The smallest absolute Gasteiger partial charge is 0.410 e. The van der Waals surface area contributed by atoms with Crippen molar-refractivity contribution in [3.05, 3.63) is 52.9 Å². The van der Waals surface area contributed by atoms with E-state index in [4.69, 9.17) is 30.5 Å². The molecule has 5 heterocycles. The average molecular weight is 1010 g/mol. The number of likely N-dealkylation sites (tertiary alicyclic amines) is 2. The average Bonchev–Trinajstić information content (AvgIpc) is 3.92.